The van der Waals surface area contributed by atoms with Gasteiger partial charge in [-0.1, -0.05) is 6.07 Å². The summed E-state index contributed by atoms with van der Waals surface area (Å²) in [4.78, 5) is 4.10. The Morgan fingerprint density at radius 2 is 2.00 bits per heavy atom. The lowest BCUT2D eigenvalue weighted by atomic mass is 10.1. The SMILES string of the molecule is CC1CN(CC(O)CN2CCOc3cccc(F)c32)CC(C)O1. The van der Waals surface area contributed by atoms with Gasteiger partial charge < -0.3 is 19.5 Å². The maximum atomic E-state index is 14.1. The van der Waals surface area contributed by atoms with Crippen LogP contribution in [0.1, 0.15) is 13.8 Å². The number of hydrogen-bond donors (Lipinski definition) is 1. The third-order valence-electron chi connectivity index (χ3n) is 4.28. The van der Waals surface area contributed by atoms with Crippen molar-refractivity contribution in [3.63, 3.8) is 0 Å². The molecule has 0 bridgehead atoms. The molecule has 0 aliphatic carbocycles. The third-order valence-corrected chi connectivity index (χ3v) is 4.28. The lowest BCUT2D eigenvalue weighted by Crippen LogP contribution is -2.50. The van der Waals surface area contributed by atoms with Gasteiger partial charge in [-0.15, -0.1) is 0 Å². The first kappa shape index (κ1) is 16.5. The average molecular weight is 324 g/mol. The van der Waals surface area contributed by atoms with Crippen molar-refractivity contribution in [2.75, 3.05) is 44.2 Å². The molecule has 1 fully saturated rings. The van der Waals surface area contributed by atoms with Crippen LogP contribution in [0.15, 0.2) is 18.2 Å². The Morgan fingerprint density at radius 1 is 1.26 bits per heavy atom. The molecule has 2 aliphatic heterocycles. The van der Waals surface area contributed by atoms with Gasteiger partial charge in [-0.05, 0) is 26.0 Å². The highest BCUT2D eigenvalue weighted by atomic mass is 19.1. The molecule has 1 aromatic rings. The fourth-order valence-electron chi connectivity index (χ4n) is 3.52. The number of nitrogens with zero attached hydrogens (tertiary/aromatic N) is 2. The van der Waals surface area contributed by atoms with Crippen molar-refractivity contribution < 1.29 is 19.0 Å². The van der Waals surface area contributed by atoms with Crippen molar-refractivity contribution >= 4 is 5.69 Å². The molecule has 0 spiro atoms. The molecule has 0 aromatic heterocycles. The van der Waals surface area contributed by atoms with Gasteiger partial charge in [0.25, 0.3) is 0 Å². The van der Waals surface area contributed by atoms with Gasteiger partial charge in [0.15, 0.2) is 0 Å². The smallest absolute Gasteiger partial charge is 0.150 e. The summed E-state index contributed by atoms with van der Waals surface area (Å²) in [5.74, 6) is 0.250. The van der Waals surface area contributed by atoms with Crippen molar-refractivity contribution in [2.24, 2.45) is 0 Å². The Bertz CT molecular complexity index is 533. The zero-order valence-corrected chi connectivity index (χ0v) is 13.7. The van der Waals surface area contributed by atoms with E-state index in [0.29, 0.717) is 37.7 Å². The van der Waals surface area contributed by atoms with E-state index in [0.717, 1.165) is 13.1 Å². The predicted molar refractivity (Wildman–Crippen MR) is 86.6 cm³/mol. The van der Waals surface area contributed by atoms with Crippen molar-refractivity contribution in [3.05, 3.63) is 24.0 Å². The number of rotatable bonds is 4. The van der Waals surface area contributed by atoms with Gasteiger partial charge in [0.2, 0.25) is 0 Å². The van der Waals surface area contributed by atoms with Gasteiger partial charge >= 0.3 is 0 Å². The maximum absolute atomic E-state index is 14.1. The summed E-state index contributed by atoms with van der Waals surface area (Å²) in [5, 5.41) is 10.5. The maximum Gasteiger partial charge on any atom is 0.150 e. The molecule has 1 N–H and O–H groups in total. The number of β-amino-alcohol motifs (C(OH)–C–C–N with tert-alkyl or cyclic N) is 1. The normalized spacial score (nSPS) is 26.5. The zero-order chi connectivity index (χ0) is 16.4. The van der Waals surface area contributed by atoms with Crippen LogP contribution >= 0.6 is 0 Å². The number of morpholine rings is 1. The molecule has 23 heavy (non-hydrogen) atoms. The monoisotopic (exact) mass is 324 g/mol. The van der Waals surface area contributed by atoms with Crippen LogP contribution in [0.3, 0.4) is 0 Å². The van der Waals surface area contributed by atoms with E-state index in [2.05, 4.69) is 4.90 Å². The standard InChI is InChI=1S/C17H25FN2O3/c1-12-8-19(9-13(2)23-12)10-14(21)11-20-6-7-22-16-5-3-4-15(18)17(16)20/h3-5,12-14,21H,6-11H2,1-2H3. The van der Waals surface area contributed by atoms with Gasteiger partial charge in [-0.3, -0.25) is 4.90 Å². The van der Waals surface area contributed by atoms with Crippen LogP contribution in [-0.4, -0.2) is 67.6 Å². The first-order valence-corrected chi connectivity index (χ1v) is 8.25. The zero-order valence-electron chi connectivity index (χ0n) is 13.7. The lowest BCUT2D eigenvalue weighted by Gasteiger charge is -2.38. The van der Waals surface area contributed by atoms with E-state index in [1.807, 2.05) is 18.7 Å². The van der Waals surface area contributed by atoms with Crippen molar-refractivity contribution in [2.45, 2.75) is 32.2 Å². The third kappa shape index (κ3) is 3.94. The molecule has 3 atom stereocenters. The second-order valence-corrected chi connectivity index (χ2v) is 6.51. The van der Waals surface area contributed by atoms with Gasteiger partial charge in [0.05, 0.1) is 24.9 Å². The van der Waals surface area contributed by atoms with Crippen LogP contribution in [0.5, 0.6) is 5.75 Å². The first-order chi connectivity index (χ1) is 11.0. The number of aliphatic hydroxyl groups is 1. The molecule has 0 saturated carbocycles. The number of hydrogen-bond acceptors (Lipinski definition) is 5. The summed E-state index contributed by atoms with van der Waals surface area (Å²) in [6.45, 7) is 7.78. The van der Waals surface area contributed by atoms with Gasteiger partial charge in [-0.2, -0.15) is 0 Å². The number of ether oxygens (including phenoxy) is 2. The highest BCUT2D eigenvalue weighted by molar-refractivity contribution is 5.60. The topological polar surface area (TPSA) is 45.2 Å². The molecule has 5 nitrogen and oxygen atoms in total. The van der Waals surface area contributed by atoms with Gasteiger partial charge in [-0.25, -0.2) is 4.39 Å². The number of benzene rings is 1. The summed E-state index contributed by atoms with van der Waals surface area (Å²) in [5.41, 5.74) is 0.460. The van der Waals surface area contributed by atoms with E-state index in [1.54, 1.807) is 12.1 Å². The minimum absolute atomic E-state index is 0.174. The molecule has 2 aliphatic rings. The Morgan fingerprint density at radius 3 is 2.74 bits per heavy atom. The average Bonchev–Trinajstić information content (AvgIpc) is 2.46. The van der Waals surface area contributed by atoms with E-state index in [1.165, 1.54) is 6.07 Å². The van der Waals surface area contributed by atoms with E-state index >= 15 is 0 Å². The van der Waals surface area contributed by atoms with Gasteiger partial charge in [0.1, 0.15) is 23.9 Å². The second-order valence-electron chi connectivity index (χ2n) is 6.51. The molecular formula is C17H25FN2O3. The lowest BCUT2D eigenvalue weighted by molar-refractivity contribution is -0.0759. The Labute approximate surface area is 136 Å². The molecule has 128 valence electrons. The summed E-state index contributed by atoms with van der Waals surface area (Å²) >= 11 is 0. The second kappa shape index (κ2) is 7.03. The molecule has 0 amide bonds. The Hall–Kier alpha value is -1.37. The number of anilines is 1. The summed E-state index contributed by atoms with van der Waals surface area (Å²) < 4.78 is 25.3. The highest BCUT2D eigenvalue weighted by Crippen LogP contribution is 2.33. The molecule has 0 radical (unpaired) electrons. The number of para-hydroxylation sites is 1. The quantitative estimate of drug-likeness (QED) is 0.909. The van der Waals surface area contributed by atoms with Crippen molar-refractivity contribution in [1.82, 2.24) is 4.90 Å². The summed E-state index contributed by atoms with van der Waals surface area (Å²) in [6, 6.07) is 4.84. The highest BCUT2D eigenvalue weighted by Gasteiger charge is 2.27. The minimum Gasteiger partial charge on any atom is -0.489 e. The summed E-state index contributed by atoms with van der Waals surface area (Å²) in [6.07, 6.45) is -0.196. The predicted octanol–water partition coefficient (Wildman–Crippen LogP) is 1.49. The van der Waals surface area contributed by atoms with E-state index in [-0.39, 0.29) is 18.0 Å². The van der Waals surface area contributed by atoms with E-state index in [4.69, 9.17) is 9.47 Å². The fourth-order valence-corrected chi connectivity index (χ4v) is 3.52. The largest absolute Gasteiger partial charge is 0.489 e. The number of aliphatic hydroxyl groups excluding tert-OH is 1. The Balaban J connectivity index is 1.62. The molecule has 1 saturated heterocycles. The molecular weight excluding hydrogens is 299 g/mol. The van der Waals surface area contributed by atoms with Crippen LogP contribution in [0, 0.1) is 5.82 Å². The van der Waals surface area contributed by atoms with Crippen molar-refractivity contribution in [3.8, 4) is 5.75 Å². The molecule has 2 heterocycles. The van der Waals surface area contributed by atoms with Gasteiger partial charge in [0, 0.05) is 26.2 Å². The van der Waals surface area contributed by atoms with Crippen LogP contribution in [0.2, 0.25) is 0 Å². The molecule has 1 aromatic carbocycles. The van der Waals surface area contributed by atoms with Crippen molar-refractivity contribution in [1.29, 1.82) is 0 Å². The van der Waals surface area contributed by atoms with Crippen LogP contribution in [-0.2, 0) is 4.74 Å². The number of halogens is 1. The van der Waals surface area contributed by atoms with E-state index in [9.17, 15) is 9.50 Å². The molecule has 6 heteroatoms. The van der Waals surface area contributed by atoms with Crippen LogP contribution in [0.25, 0.3) is 0 Å². The number of fused-ring (bicyclic) bond motifs is 1. The van der Waals surface area contributed by atoms with Crippen LogP contribution < -0.4 is 9.64 Å². The van der Waals surface area contributed by atoms with E-state index < -0.39 is 6.10 Å². The fraction of sp³-hybridized carbons (Fsp3) is 0.647. The minimum atomic E-state index is -0.543. The first-order valence-electron chi connectivity index (χ1n) is 8.25. The molecule has 3 unspecified atom stereocenters. The Kier molecular flexibility index (Phi) is 5.04. The summed E-state index contributed by atoms with van der Waals surface area (Å²) in [7, 11) is 0. The molecule has 3 rings (SSSR count). The van der Waals surface area contributed by atoms with Crippen LogP contribution in [0.4, 0.5) is 10.1 Å².